The molecule has 1 aromatic carbocycles. The van der Waals surface area contributed by atoms with E-state index < -0.39 is 29.9 Å². The Bertz CT molecular complexity index is 615. The molecular formula is C18H26N2O6. The van der Waals surface area contributed by atoms with Gasteiger partial charge in [0, 0.05) is 25.7 Å². The fraction of sp³-hybridized carbons (Fsp3) is 0.500. The lowest BCUT2D eigenvalue weighted by Crippen LogP contribution is -2.53. The Labute approximate surface area is 152 Å². The molecule has 0 aliphatic rings. The summed E-state index contributed by atoms with van der Waals surface area (Å²) in [5, 5.41) is 14.3. The first-order chi connectivity index (χ1) is 12.3. The van der Waals surface area contributed by atoms with Gasteiger partial charge in [0.15, 0.2) is 0 Å². The van der Waals surface area contributed by atoms with Gasteiger partial charge in [0.1, 0.15) is 17.8 Å². The maximum Gasteiger partial charge on any atom is 0.326 e. The summed E-state index contributed by atoms with van der Waals surface area (Å²) in [4.78, 5) is 36.1. The third-order valence-electron chi connectivity index (χ3n) is 3.81. The lowest BCUT2D eigenvalue weighted by Gasteiger charge is -2.24. The molecule has 1 aromatic rings. The molecule has 0 heterocycles. The third kappa shape index (κ3) is 6.36. The molecule has 0 saturated carbocycles. The Morgan fingerprint density at radius 1 is 1.08 bits per heavy atom. The van der Waals surface area contributed by atoms with Crippen molar-refractivity contribution in [2.45, 2.75) is 32.4 Å². The number of methoxy groups -OCH3 is 2. The van der Waals surface area contributed by atoms with E-state index in [0.29, 0.717) is 11.3 Å². The minimum atomic E-state index is -1.15. The highest BCUT2D eigenvalue weighted by molar-refractivity contribution is 5.98. The number of rotatable bonds is 10. The lowest BCUT2D eigenvalue weighted by atomic mass is 10.0. The topological polar surface area (TPSA) is 114 Å². The zero-order valence-corrected chi connectivity index (χ0v) is 15.4. The molecule has 2 atom stereocenters. The molecule has 0 aliphatic heterocycles. The SMILES string of the molecule is COCCC(NC(=O)C(NC(=O)c1ccc(OC)cc1)C(C)C)C(=O)O. The van der Waals surface area contributed by atoms with E-state index >= 15 is 0 Å². The molecule has 144 valence electrons. The predicted octanol–water partition coefficient (Wildman–Crippen LogP) is 1.06. The van der Waals surface area contributed by atoms with E-state index in [-0.39, 0.29) is 18.9 Å². The van der Waals surface area contributed by atoms with Crippen LogP contribution in [0, 0.1) is 5.92 Å². The second-order valence-electron chi connectivity index (χ2n) is 6.10. The van der Waals surface area contributed by atoms with Crippen LogP contribution in [0.4, 0.5) is 0 Å². The lowest BCUT2D eigenvalue weighted by molar-refractivity contribution is -0.142. The van der Waals surface area contributed by atoms with Crippen molar-refractivity contribution >= 4 is 17.8 Å². The molecule has 0 spiro atoms. The molecule has 26 heavy (non-hydrogen) atoms. The largest absolute Gasteiger partial charge is 0.497 e. The number of carboxylic acid groups (broad SMARTS) is 1. The summed E-state index contributed by atoms with van der Waals surface area (Å²) in [6, 6.07) is 4.51. The first kappa shape index (κ1) is 21.4. The molecule has 0 bridgehead atoms. The molecular weight excluding hydrogens is 340 g/mol. The molecule has 0 fully saturated rings. The minimum absolute atomic E-state index is 0.134. The minimum Gasteiger partial charge on any atom is -0.497 e. The quantitative estimate of drug-likeness (QED) is 0.570. The van der Waals surface area contributed by atoms with Gasteiger partial charge in [0.05, 0.1) is 7.11 Å². The summed E-state index contributed by atoms with van der Waals surface area (Å²) in [5.74, 6) is -1.74. The second kappa shape index (κ2) is 10.4. The number of amides is 2. The number of benzene rings is 1. The van der Waals surface area contributed by atoms with Gasteiger partial charge in [-0.3, -0.25) is 9.59 Å². The smallest absolute Gasteiger partial charge is 0.326 e. The van der Waals surface area contributed by atoms with Crippen LogP contribution in [0.2, 0.25) is 0 Å². The van der Waals surface area contributed by atoms with Gasteiger partial charge in [-0.25, -0.2) is 4.79 Å². The van der Waals surface area contributed by atoms with Gasteiger partial charge in [-0.05, 0) is 30.2 Å². The van der Waals surface area contributed by atoms with E-state index in [0.717, 1.165) is 0 Å². The third-order valence-corrected chi connectivity index (χ3v) is 3.81. The number of aliphatic carboxylic acids is 1. The number of nitrogens with one attached hydrogen (secondary N) is 2. The van der Waals surface area contributed by atoms with Crippen LogP contribution in [0.3, 0.4) is 0 Å². The Morgan fingerprint density at radius 3 is 2.15 bits per heavy atom. The van der Waals surface area contributed by atoms with Crippen molar-refractivity contribution in [1.29, 1.82) is 0 Å². The van der Waals surface area contributed by atoms with Crippen LogP contribution in [0.5, 0.6) is 5.75 Å². The van der Waals surface area contributed by atoms with Gasteiger partial charge in [0.2, 0.25) is 5.91 Å². The van der Waals surface area contributed by atoms with Crippen molar-refractivity contribution in [3.05, 3.63) is 29.8 Å². The number of hydrogen-bond donors (Lipinski definition) is 3. The van der Waals surface area contributed by atoms with Crippen LogP contribution >= 0.6 is 0 Å². The standard InChI is InChI=1S/C18H26N2O6/c1-11(2)15(17(22)19-14(18(23)24)9-10-25-3)20-16(21)12-5-7-13(26-4)8-6-12/h5-8,11,14-15H,9-10H2,1-4H3,(H,19,22)(H,20,21)(H,23,24). The van der Waals surface area contributed by atoms with Gasteiger partial charge in [0.25, 0.3) is 5.91 Å². The summed E-state index contributed by atoms with van der Waals surface area (Å²) in [7, 11) is 2.98. The maximum atomic E-state index is 12.5. The van der Waals surface area contributed by atoms with Crippen LogP contribution < -0.4 is 15.4 Å². The molecule has 0 aromatic heterocycles. The highest BCUT2D eigenvalue weighted by Gasteiger charge is 2.28. The first-order valence-corrected chi connectivity index (χ1v) is 8.27. The summed E-state index contributed by atoms with van der Waals surface area (Å²) in [5.41, 5.74) is 0.374. The zero-order valence-electron chi connectivity index (χ0n) is 15.4. The van der Waals surface area contributed by atoms with Crippen molar-refractivity contribution in [2.75, 3.05) is 20.8 Å². The van der Waals surface area contributed by atoms with Gasteiger partial charge >= 0.3 is 5.97 Å². The highest BCUT2D eigenvalue weighted by Crippen LogP contribution is 2.12. The Balaban J connectivity index is 2.81. The van der Waals surface area contributed by atoms with E-state index in [1.54, 1.807) is 38.1 Å². The van der Waals surface area contributed by atoms with Crippen molar-refractivity contribution < 1.29 is 29.0 Å². The average molecular weight is 366 g/mol. The van der Waals surface area contributed by atoms with Crippen LogP contribution in [-0.4, -0.2) is 55.8 Å². The summed E-state index contributed by atoms with van der Waals surface area (Å²) >= 11 is 0. The van der Waals surface area contributed by atoms with Gasteiger partial charge < -0.3 is 25.2 Å². The van der Waals surface area contributed by atoms with Crippen molar-refractivity contribution in [3.8, 4) is 5.75 Å². The van der Waals surface area contributed by atoms with Crippen LogP contribution in [0.15, 0.2) is 24.3 Å². The molecule has 0 saturated heterocycles. The molecule has 3 N–H and O–H groups in total. The van der Waals surface area contributed by atoms with E-state index in [1.807, 2.05) is 0 Å². The molecule has 8 nitrogen and oxygen atoms in total. The number of carbonyl (C=O) groups is 3. The maximum absolute atomic E-state index is 12.5. The van der Waals surface area contributed by atoms with Crippen LogP contribution in [0.25, 0.3) is 0 Å². The van der Waals surface area contributed by atoms with Crippen LogP contribution in [0.1, 0.15) is 30.6 Å². The summed E-state index contributed by atoms with van der Waals surface area (Å²) < 4.78 is 9.90. The van der Waals surface area contributed by atoms with Crippen LogP contribution in [-0.2, 0) is 14.3 Å². The van der Waals surface area contributed by atoms with Gasteiger partial charge in [-0.15, -0.1) is 0 Å². The molecule has 2 amide bonds. The summed E-state index contributed by atoms with van der Waals surface area (Å²) in [6.45, 7) is 3.73. The molecule has 2 unspecified atom stereocenters. The van der Waals surface area contributed by atoms with E-state index in [9.17, 15) is 19.5 Å². The van der Waals surface area contributed by atoms with Gasteiger partial charge in [-0.2, -0.15) is 0 Å². The fourth-order valence-corrected chi connectivity index (χ4v) is 2.26. The number of carbonyl (C=O) groups excluding carboxylic acids is 2. The van der Waals surface area contributed by atoms with Crippen molar-refractivity contribution in [3.63, 3.8) is 0 Å². The summed E-state index contributed by atoms with van der Waals surface area (Å²) in [6.07, 6.45) is 0.134. The Kier molecular flexibility index (Phi) is 8.57. The number of carboxylic acids is 1. The van der Waals surface area contributed by atoms with E-state index in [2.05, 4.69) is 10.6 Å². The normalized spacial score (nSPS) is 13.0. The fourth-order valence-electron chi connectivity index (χ4n) is 2.26. The van der Waals surface area contributed by atoms with E-state index in [4.69, 9.17) is 9.47 Å². The monoisotopic (exact) mass is 366 g/mol. The molecule has 0 radical (unpaired) electrons. The highest BCUT2D eigenvalue weighted by atomic mass is 16.5. The van der Waals surface area contributed by atoms with Crippen molar-refractivity contribution in [2.24, 2.45) is 5.92 Å². The molecule has 0 aliphatic carbocycles. The predicted molar refractivity (Wildman–Crippen MR) is 95.1 cm³/mol. The first-order valence-electron chi connectivity index (χ1n) is 8.27. The molecule has 8 heteroatoms. The zero-order chi connectivity index (χ0) is 19.7. The number of hydrogen-bond acceptors (Lipinski definition) is 5. The van der Waals surface area contributed by atoms with E-state index in [1.165, 1.54) is 14.2 Å². The average Bonchev–Trinajstić information content (AvgIpc) is 2.62. The number of ether oxygens (including phenoxy) is 2. The van der Waals surface area contributed by atoms with Gasteiger partial charge in [-0.1, -0.05) is 13.8 Å². The molecule has 1 rings (SSSR count). The van der Waals surface area contributed by atoms with Crippen molar-refractivity contribution in [1.82, 2.24) is 10.6 Å². The second-order valence-corrected chi connectivity index (χ2v) is 6.10. The Morgan fingerprint density at radius 2 is 1.69 bits per heavy atom. The Hall–Kier alpha value is -2.61.